The van der Waals surface area contributed by atoms with E-state index < -0.39 is 23.7 Å². The topological polar surface area (TPSA) is 129 Å². The molecule has 0 saturated carbocycles. The fourth-order valence-corrected chi connectivity index (χ4v) is 4.16. The lowest BCUT2D eigenvalue weighted by Gasteiger charge is -2.34. The molecule has 34 heavy (non-hydrogen) atoms. The highest BCUT2D eigenvalue weighted by atomic mass is 32.1. The van der Waals surface area contributed by atoms with Crippen molar-refractivity contribution in [3.63, 3.8) is 0 Å². The summed E-state index contributed by atoms with van der Waals surface area (Å²) in [5.41, 5.74) is 6.46. The number of nitrogens with one attached hydrogen (secondary N) is 1. The molecule has 0 fully saturated rings. The highest BCUT2D eigenvalue weighted by Gasteiger charge is 2.39. The minimum atomic E-state index is -1.11. The van der Waals surface area contributed by atoms with Gasteiger partial charge in [-0.15, -0.1) is 0 Å². The number of aryl methyl sites for hydroxylation is 1. The second-order valence-electron chi connectivity index (χ2n) is 8.39. The molecule has 0 heterocycles. The van der Waals surface area contributed by atoms with E-state index in [2.05, 4.69) is 5.32 Å². The third-order valence-electron chi connectivity index (χ3n) is 5.34. The van der Waals surface area contributed by atoms with Gasteiger partial charge < -0.3 is 35.1 Å². The van der Waals surface area contributed by atoms with Crippen LogP contribution < -0.4 is 15.8 Å². The first-order valence-corrected chi connectivity index (χ1v) is 11.7. The van der Waals surface area contributed by atoms with E-state index in [9.17, 15) is 14.7 Å². The Bertz CT molecular complexity index is 758. The van der Waals surface area contributed by atoms with E-state index in [1.54, 1.807) is 7.11 Å². The van der Waals surface area contributed by atoms with E-state index in [0.717, 1.165) is 5.56 Å². The van der Waals surface area contributed by atoms with Crippen molar-refractivity contribution in [2.24, 2.45) is 29.4 Å². The van der Waals surface area contributed by atoms with Gasteiger partial charge >= 0.3 is 5.97 Å². The number of hydrogen-bond acceptors (Lipinski definition) is 7. The number of thiocarbonyl (C=S) groups is 1. The van der Waals surface area contributed by atoms with Crippen LogP contribution in [0.1, 0.15) is 25.8 Å². The largest absolute Gasteiger partial charge is 0.493 e. The van der Waals surface area contributed by atoms with E-state index >= 15 is 0 Å². The Morgan fingerprint density at radius 1 is 1.12 bits per heavy atom. The molecule has 1 rings (SSSR count). The number of primary amides is 1. The molecule has 3 atom stereocenters. The Morgan fingerprint density at radius 3 is 2.32 bits per heavy atom. The van der Waals surface area contributed by atoms with Gasteiger partial charge in [0.15, 0.2) is 0 Å². The van der Waals surface area contributed by atoms with Crippen LogP contribution >= 0.6 is 12.2 Å². The molecular formula is C24H38N2O7S. The van der Waals surface area contributed by atoms with Crippen molar-refractivity contribution in [1.29, 1.82) is 0 Å². The van der Waals surface area contributed by atoms with Crippen molar-refractivity contribution in [2.45, 2.75) is 27.2 Å². The highest BCUT2D eigenvalue weighted by Crippen LogP contribution is 2.32. The molecule has 0 radical (unpaired) electrons. The smallest absolute Gasteiger partial charge is 0.307 e. The standard InChI is InChI=1S/C24H38N2O7S/c1-16(2)22(23(34)26-9-10-31-15-32-12-11-30-4)20(19(24(28)29)13-21(25)27)14-33-18-7-5-17(3)6-8-18/h5-8,16,19-20,22H,9-15H2,1-4H3,(H2,25,27)(H,26,34)(H,28,29)/t19-,20?,22+/m1/s1. The van der Waals surface area contributed by atoms with E-state index in [0.29, 0.717) is 37.1 Å². The number of methoxy groups -OCH3 is 1. The van der Waals surface area contributed by atoms with Crippen LogP contribution in [-0.4, -0.2) is 68.8 Å². The molecule has 10 heteroatoms. The van der Waals surface area contributed by atoms with Crippen LogP contribution in [-0.2, 0) is 23.8 Å². The fraction of sp³-hybridized carbons (Fsp3) is 0.625. The SMILES string of the molecule is COCCOCOCCNC(=S)[C@@H](C(C)C)C(COc1ccc(C)cc1)[C@@H](CC(N)=O)C(=O)O. The Morgan fingerprint density at radius 2 is 1.76 bits per heavy atom. The highest BCUT2D eigenvalue weighted by molar-refractivity contribution is 7.80. The summed E-state index contributed by atoms with van der Waals surface area (Å²) < 4.78 is 21.5. The molecule has 9 nitrogen and oxygen atoms in total. The van der Waals surface area contributed by atoms with Crippen LogP contribution in [0.3, 0.4) is 0 Å². The summed E-state index contributed by atoms with van der Waals surface area (Å²) >= 11 is 5.65. The Kier molecular flexibility index (Phi) is 14.3. The zero-order chi connectivity index (χ0) is 25.5. The van der Waals surface area contributed by atoms with E-state index in [1.165, 1.54) is 0 Å². The van der Waals surface area contributed by atoms with Crippen molar-refractivity contribution in [1.82, 2.24) is 5.32 Å². The molecule has 0 aliphatic heterocycles. The number of amides is 1. The normalized spacial score (nSPS) is 13.8. The number of carbonyl (C=O) groups is 2. The first kappa shape index (κ1) is 29.8. The predicted octanol–water partition coefficient (Wildman–Crippen LogP) is 2.39. The molecule has 4 N–H and O–H groups in total. The molecule has 1 unspecified atom stereocenters. The number of ether oxygens (including phenoxy) is 4. The van der Waals surface area contributed by atoms with Crippen LogP contribution in [0.4, 0.5) is 0 Å². The van der Waals surface area contributed by atoms with Crippen LogP contribution in [0.25, 0.3) is 0 Å². The molecule has 1 aromatic rings. The first-order chi connectivity index (χ1) is 16.2. The van der Waals surface area contributed by atoms with Crippen LogP contribution in [0.5, 0.6) is 5.75 Å². The van der Waals surface area contributed by atoms with Gasteiger partial charge in [-0.3, -0.25) is 9.59 Å². The van der Waals surface area contributed by atoms with Crippen molar-refractivity contribution in [2.75, 3.05) is 46.9 Å². The van der Waals surface area contributed by atoms with E-state index in [-0.39, 0.29) is 31.7 Å². The summed E-state index contributed by atoms with van der Waals surface area (Å²) in [4.78, 5) is 24.3. The van der Waals surface area contributed by atoms with Crippen LogP contribution in [0.15, 0.2) is 24.3 Å². The maximum atomic E-state index is 12.1. The van der Waals surface area contributed by atoms with Gasteiger partial charge in [0.1, 0.15) is 12.5 Å². The van der Waals surface area contributed by atoms with Crippen LogP contribution in [0.2, 0.25) is 0 Å². The minimum absolute atomic E-state index is 0.0142. The summed E-state index contributed by atoms with van der Waals surface area (Å²) in [5, 5.41) is 13.1. The lowest BCUT2D eigenvalue weighted by Crippen LogP contribution is -2.45. The lowest BCUT2D eigenvalue weighted by molar-refractivity contribution is -0.147. The second kappa shape index (κ2) is 16.4. The number of carbonyl (C=O) groups excluding carboxylic acids is 1. The molecule has 0 bridgehead atoms. The van der Waals surface area contributed by atoms with E-state index in [1.807, 2.05) is 45.0 Å². The van der Waals surface area contributed by atoms with Gasteiger partial charge in [0.25, 0.3) is 0 Å². The average Bonchev–Trinajstić information content (AvgIpc) is 2.77. The van der Waals surface area contributed by atoms with Crippen molar-refractivity contribution in [3.05, 3.63) is 29.8 Å². The van der Waals surface area contributed by atoms with Crippen molar-refractivity contribution < 1.29 is 33.6 Å². The molecule has 0 aliphatic rings. The second-order valence-corrected chi connectivity index (χ2v) is 8.83. The van der Waals surface area contributed by atoms with Gasteiger partial charge in [-0.2, -0.15) is 0 Å². The molecule has 192 valence electrons. The average molecular weight is 499 g/mol. The molecule has 0 aliphatic carbocycles. The first-order valence-electron chi connectivity index (χ1n) is 11.3. The summed E-state index contributed by atoms with van der Waals surface area (Å²) in [5.74, 6) is -3.18. The summed E-state index contributed by atoms with van der Waals surface area (Å²) in [7, 11) is 1.59. The lowest BCUT2D eigenvalue weighted by atomic mass is 9.74. The third-order valence-corrected chi connectivity index (χ3v) is 5.76. The number of nitrogens with two attached hydrogens (primary N) is 1. The number of aliphatic carboxylic acids is 1. The summed E-state index contributed by atoms with van der Waals surface area (Å²) in [6.07, 6.45) is -0.301. The zero-order valence-electron chi connectivity index (χ0n) is 20.5. The van der Waals surface area contributed by atoms with Gasteiger partial charge in [-0.05, 0) is 25.0 Å². The van der Waals surface area contributed by atoms with Crippen LogP contribution in [0, 0.1) is 30.6 Å². The monoisotopic (exact) mass is 498 g/mol. The van der Waals surface area contributed by atoms with Gasteiger partial charge in [0.2, 0.25) is 5.91 Å². The zero-order valence-corrected chi connectivity index (χ0v) is 21.3. The van der Waals surface area contributed by atoms with Gasteiger partial charge in [0, 0.05) is 31.9 Å². The Hall–Kier alpha value is -2.27. The number of carboxylic acid groups (broad SMARTS) is 1. The molecule has 0 saturated heterocycles. The minimum Gasteiger partial charge on any atom is -0.493 e. The molecule has 0 spiro atoms. The quantitative estimate of drug-likeness (QED) is 0.159. The van der Waals surface area contributed by atoms with Gasteiger partial charge in [-0.1, -0.05) is 43.8 Å². The Balaban J connectivity index is 2.89. The third kappa shape index (κ3) is 11.2. The van der Waals surface area contributed by atoms with Crippen molar-refractivity contribution >= 4 is 29.1 Å². The predicted molar refractivity (Wildman–Crippen MR) is 133 cm³/mol. The molecular weight excluding hydrogens is 460 g/mol. The molecule has 0 aromatic heterocycles. The van der Waals surface area contributed by atoms with Gasteiger partial charge in [0.05, 0.1) is 37.3 Å². The maximum Gasteiger partial charge on any atom is 0.307 e. The van der Waals surface area contributed by atoms with Gasteiger partial charge in [-0.25, -0.2) is 0 Å². The summed E-state index contributed by atoms with van der Waals surface area (Å²) in [6, 6.07) is 7.47. The maximum absolute atomic E-state index is 12.1. The number of rotatable bonds is 18. The number of carboxylic acids is 1. The fourth-order valence-electron chi connectivity index (χ4n) is 3.61. The Labute approximate surface area is 207 Å². The number of benzene rings is 1. The molecule has 1 aromatic carbocycles. The summed E-state index contributed by atoms with van der Waals surface area (Å²) in [6.45, 7) is 7.80. The number of hydrogen-bond donors (Lipinski definition) is 3. The van der Waals surface area contributed by atoms with E-state index in [4.69, 9.17) is 36.9 Å². The van der Waals surface area contributed by atoms with Crippen molar-refractivity contribution in [3.8, 4) is 5.75 Å². The molecule has 1 amide bonds.